The normalized spacial score (nSPS) is 50.3. The van der Waals surface area contributed by atoms with Gasteiger partial charge in [-0.15, -0.1) is 0 Å². The molecule has 0 aromatic carbocycles. The van der Waals surface area contributed by atoms with Crippen molar-refractivity contribution in [2.75, 3.05) is 0 Å². The predicted octanol–water partition coefficient (Wildman–Crippen LogP) is 5.40. The van der Waals surface area contributed by atoms with E-state index < -0.39 is 0 Å². The van der Waals surface area contributed by atoms with Gasteiger partial charge < -0.3 is 10.2 Å². The summed E-state index contributed by atoms with van der Waals surface area (Å²) in [7, 11) is 0. The fourth-order valence-electron chi connectivity index (χ4n) is 8.28. The van der Waals surface area contributed by atoms with E-state index in [2.05, 4.69) is 26.0 Å². The van der Waals surface area contributed by atoms with Crippen LogP contribution in [0, 0.1) is 34.5 Å². The third-order valence-electron chi connectivity index (χ3n) is 9.79. The molecule has 150 valence electrons. The minimum Gasteiger partial charge on any atom is -0.393 e. The average molecular weight is 371 g/mol. The van der Waals surface area contributed by atoms with E-state index in [-0.39, 0.29) is 17.6 Å². The van der Waals surface area contributed by atoms with Gasteiger partial charge in [0.15, 0.2) is 0 Å². The Labute approximate surface area is 165 Å². The van der Waals surface area contributed by atoms with Gasteiger partial charge in [0.2, 0.25) is 0 Å². The third-order valence-corrected chi connectivity index (χ3v) is 9.79. The Morgan fingerprint density at radius 1 is 0.889 bits per heavy atom. The van der Waals surface area contributed by atoms with Gasteiger partial charge in [0, 0.05) is 0 Å². The van der Waals surface area contributed by atoms with Crippen LogP contribution in [-0.4, -0.2) is 22.4 Å². The van der Waals surface area contributed by atoms with E-state index in [0.29, 0.717) is 23.2 Å². The molecule has 27 heavy (non-hydrogen) atoms. The van der Waals surface area contributed by atoms with E-state index in [1.165, 1.54) is 56.9 Å². The molecule has 3 fully saturated rings. The zero-order chi connectivity index (χ0) is 18.8. The lowest BCUT2D eigenvalue weighted by Crippen LogP contribution is -2.54. The van der Waals surface area contributed by atoms with Gasteiger partial charge in [0.05, 0.1) is 12.2 Å². The third kappa shape index (κ3) is 2.65. The summed E-state index contributed by atoms with van der Waals surface area (Å²) >= 11 is 0. The zero-order valence-corrected chi connectivity index (χ0v) is 17.3. The first-order chi connectivity index (χ1) is 12.9. The molecule has 5 aliphatic rings. The summed E-state index contributed by atoms with van der Waals surface area (Å²) in [6.45, 7) is 4.99. The topological polar surface area (TPSA) is 40.5 Å². The van der Waals surface area contributed by atoms with Gasteiger partial charge in [-0.25, -0.2) is 0 Å². The number of fused-ring (bicyclic) bond motifs is 5. The Kier molecular flexibility index (Phi) is 4.41. The van der Waals surface area contributed by atoms with Gasteiger partial charge in [0.25, 0.3) is 0 Å². The molecular weight excluding hydrogens is 332 g/mol. The Morgan fingerprint density at radius 3 is 2.41 bits per heavy atom. The summed E-state index contributed by atoms with van der Waals surface area (Å²) in [6, 6.07) is 0. The highest BCUT2D eigenvalue weighted by Gasteiger charge is 2.59. The number of hydrogen-bond acceptors (Lipinski definition) is 2. The van der Waals surface area contributed by atoms with Gasteiger partial charge >= 0.3 is 0 Å². The summed E-state index contributed by atoms with van der Waals surface area (Å²) in [5.41, 5.74) is 3.66. The largest absolute Gasteiger partial charge is 0.393 e. The summed E-state index contributed by atoms with van der Waals surface area (Å²) in [5, 5.41) is 21.4. The Bertz CT molecular complexity index is 657. The van der Waals surface area contributed by atoms with Crippen LogP contribution in [0.1, 0.15) is 84.5 Å². The van der Waals surface area contributed by atoms with E-state index >= 15 is 0 Å². The van der Waals surface area contributed by atoms with Crippen molar-refractivity contribution in [3.63, 3.8) is 0 Å². The number of aliphatic hydroxyl groups excluding tert-OH is 2. The minimum atomic E-state index is -0.313. The van der Waals surface area contributed by atoms with Crippen molar-refractivity contribution < 1.29 is 10.2 Å². The van der Waals surface area contributed by atoms with Crippen LogP contribution in [0.15, 0.2) is 23.3 Å². The maximum Gasteiger partial charge on any atom is 0.0757 e. The summed E-state index contributed by atoms with van der Waals surface area (Å²) in [5.74, 6) is 2.43. The van der Waals surface area contributed by atoms with Crippen molar-refractivity contribution in [1.82, 2.24) is 0 Å². The molecule has 0 spiro atoms. The summed E-state index contributed by atoms with van der Waals surface area (Å²) in [6.07, 6.45) is 17.8. The Hall–Kier alpha value is -0.600. The summed E-state index contributed by atoms with van der Waals surface area (Å²) < 4.78 is 0. The molecule has 7 atom stereocenters. The lowest BCUT2D eigenvalue weighted by atomic mass is 9.46. The van der Waals surface area contributed by atoms with Crippen LogP contribution in [0.4, 0.5) is 0 Å². The molecule has 5 aliphatic carbocycles. The van der Waals surface area contributed by atoms with E-state index in [1.807, 2.05) is 0 Å². The molecule has 0 radical (unpaired) electrons. The van der Waals surface area contributed by atoms with Gasteiger partial charge in [-0.1, -0.05) is 56.4 Å². The fourth-order valence-corrected chi connectivity index (χ4v) is 8.28. The molecule has 0 heterocycles. The molecule has 5 rings (SSSR count). The molecular formula is C25H38O2. The second-order valence-corrected chi connectivity index (χ2v) is 11.0. The molecule has 0 aromatic rings. The van der Waals surface area contributed by atoms with Crippen molar-refractivity contribution in [3.8, 4) is 0 Å². The number of rotatable bonds is 1. The standard InChI is InChI=1S/C25H38O2/c1-24-12-10-18(26)14-17(24)15-22(27)23-20-9-8-19(16-6-4-3-5-7-16)25(20,2)13-11-21(23)24/h8,15-16,18,20-23,26-27H,3-7,9-14H2,1-2H3/t18-,20-,21-,22-,23-,24-,25+/m0/s1. The fraction of sp³-hybridized carbons (Fsp3) is 0.840. The van der Waals surface area contributed by atoms with Crippen molar-refractivity contribution >= 4 is 0 Å². The lowest BCUT2D eigenvalue weighted by Gasteiger charge is -2.59. The maximum absolute atomic E-state index is 11.2. The van der Waals surface area contributed by atoms with Crippen molar-refractivity contribution in [3.05, 3.63) is 23.3 Å². The van der Waals surface area contributed by atoms with Gasteiger partial charge in [-0.05, 0) is 85.9 Å². The van der Waals surface area contributed by atoms with Crippen LogP contribution in [0.25, 0.3) is 0 Å². The Morgan fingerprint density at radius 2 is 1.63 bits per heavy atom. The second-order valence-electron chi connectivity index (χ2n) is 11.0. The first kappa shape index (κ1) is 18.4. The monoisotopic (exact) mass is 370 g/mol. The molecule has 2 heteroatoms. The van der Waals surface area contributed by atoms with E-state index in [9.17, 15) is 10.2 Å². The minimum absolute atomic E-state index is 0.201. The highest BCUT2D eigenvalue weighted by atomic mass is 16.3. The number of aliphatic hydroxyl groups is 2. The first-order valence-corrected chi connectivity index (χ1v) is 11.7. The quantitative estimate of drug-likeness (QED) is 0.607. The average Bonchev–Trinajstić information content (AvgIpc) is 3.01. The van der Waals surface area contributed by atoms with E-state index in [1.54, 1.807) is 5.57 Å². The van der Waals surface area contributed by atoms with Crippen LogP contribution < -0.4 is 0 Å². The van der Waals surface area contributed by atoms with Crippen molar-refractivity contribution in [1.29, 1.82) is 0 Å². The molecule has 3 saturated carbocycles. The second kappa shape index (κ2) is 6.46. The van der Waals surface area contributed by atoms with Crippen LogP contribution in [0.5, 0.6) is 0 Å². The van der Waals surface area contributed by atoms with Gasteiger partial charge in [-0.2, -0.15) is 0 Å². The molecule has 0 aromatic heterocycles. The maximum atomic E-state index is 11.2. The van der Waals surface area contributed by atoms with Crippen molar-refractivity contribution in [2.24, 2.45) is 34.5 Å². The molecule has 0 unspecified atom stereocenters. The van der Waals surface area contributed by atoms with Crippen LogP contribution >= 0.6 is 0 Å². The Balaban J connectivity index is 1.46. The van der Waals surface area contributed by atoms with E-state index in [4.69, 9.17) is 0 Å². The lowest BCUT2D eigenvalue weighted by molar-refractivity contribution is -0.0794. The molecule has 0 aliphatic heterocycles. The molecule has 0 amide bonds. The predicted molar refractivity (Wildman–Crippen MR) is 109 cm³/mol. The number of allylic oxidation sites excluding steroid dienone is 2. The smallest absolute Gasteiger partial charge is 0.0757 e. The molecule has 0 saturated heterocycles. The van der Waals surface area contributed by atoms with Gasteiger partial charge in [0.1, 0.15) is 0 Å². The van der Waals surface area contributed by atoms with Crippen LogP contribution in [0.2, 0.25) is 0 Å². The molecule has 0 bridgehead atoms. The van der Waals surface area contributed by atoms with Gasteiger partial charge in [-0.3, -0.25) is 0 Å². The highest BCUT2D eigenvalue weighted by Crippen LogP contribution is 2.66. The summed E-state index contributed by atoms with van der Waals surface area (Å²) in [4.78, 5) is 0. The van der Waals surface area contributed by atoms with Crippen molar-refractivity contribution in [2.45, 2.75) is 96.7 Å². The first-order valence-electron chi connectivity index (χ1n) is 11.7. The van der Waals surface area contributed by atoms with E-state index in [0.717, 1.165) is 25.2 Å². The van der Waals surface area contributed by atoms with Crippen LogP contribution in [-0.2, 0) is 0 Å². The number of hydrogen-bond donors (Lipinski definition) is 2. The van der Waals surface area contributed by atoms with Crippen LogP contribution in [0.3, 0.4) is 0 Å². The molecule has 2 nitrogen and oxygen atoms in total. The highest BCUT2D eigenvalue weighted by molar-refractivity contribution is 5.33. The molecule has 2 N–H and O–H groups in total. The SMILES string of the molecule is C[C@]12CC[C@H](O)CC1=C[C@H](O)[C@@H]1[C@@H]2CC[C@]2(C)C(C3CCCCC3)=CC[C@@H]12. The zero-order valence-electron chi connectivity index (χ0n) is 17.3.